The fraction of sp³-hybridized carbons (Fsp3) is 0.190. The van der Waals surface area contributed by atoms with E-state index in [1.54, 1.807) is 10.6 Å². The SMILES string of the molecule is CCOc1ccc(/C=C/C(=O)C(C#N)c2nc3ccccc3n2C)cc1. The Morgan fingerprint density at radius 3 is 2.65 bits per heavy atom. The molecule has 2 aromatic carbocycles. The van der Waals surface area contributed by atoms with Crippen molar-refractivity contribution in [2.24, 2.45) is 7.05 Å². The van der Waals surface area contributed by atoms with Crippen LogP contribution in [0.4, 0.5) is 0 Å². The minimum atomic E-state index is -0.939. The number of ether oxygens (including phenoxy) is 1. The van der Waals surface area contributed by atoms with E-state index in [1.165, 1.54) is 6.08 Å². The molecule has 0 fully saturated rings. The van der Waals surface area contributed by atoms with Gasteiger partial charge in [0.1, 0.15) is 11.6 Å². The largest absolute Gasteiger partial charge is 0.494 e. The number of nitriles is 1. The molecule has 0 aliphatic rings. The summed E-state index contributed by atoms with van der Waals surface area (Å²) in [7, 11) is 1.82. The first-order chi connectivity index (χ1) is 12.6. The summed E-state index contributed by atoms with van der Waals surface area (Å²) in [6, 6.07) is 17.1. The van der Waals surface area contributed by atoms with Crippen LogP contribution in [0.1, 0.15) is 24.2 Å². The number of carbonyl (C=O) groups excluding carboxylic acids is 1. The predicted octanol–water partition coefficient (Wildman–Crippen LogP) is 3.86. The number of aromatic nitrogens is 2. The lowest BCUT2D eigenvalue weighted by Gasteiger charge is -2.06. The van der Waals surface area contributed by atoms with Gasteiger partial charge in [-0.1, -0.05) is 30.3 Å². The lowest BCUT2D eigenvalue weighted by Crippen LogP contribution is -2.13. The van der Waals surface area contributed by atoms with Gasteiger partial charge in [0, 0.05) is 7.05 Å². The molecule has 1 unspecified atom stereocenters. The molecule has 1 atom stereocenters. The number of rotatable bonds is 6. The van der Waals surface area contributed by atoms with E-state index in [1.807, 2.05) is 62.5 Å². The number of benzene rings is 2. The zero-order chi connectivity index (χ0) is 18.5. The van der Waals surface area contributed by atoms with Crippen molar-refractivity contribution >= 4 is 22.9 Å². The number of para-hydroxylation sites is 2. The van der Waals surface area contributed by atoms with Gasteiger partial charge in [-0.15, -0.1) is 0 Å². The lowest BCUT2D eigenvalue weighted by atomic mass is 10.0. The smallest absolute Gasteiger partial charge is 0.180 e. The van der Waals surface area contributed by atoms with Crippen molar-refractivity contribution in [2.75, 3.05) is 6.61 Å². The molecule has 3 aromatic rings. The molecule has 1 heterocycles. The zero-order valence-corrected chi connectivity index (χ0v) is 14.7. The van der Waals surface area contributed by atoms with Crippen LogP contribution in [0, 0.1) is 11.3 Å². The minimum absolute atomic E-state index is 0.292. The standard InChI is InChI=1S/C21H19N3O2/c1-3-26-16-11-8-15(9-12-16)10-13-20(25)17(14-22)21-23-18-6-4-5-7-19(18)24(21)2/h4-13,17H,3H2,1-2H3/b13-10+. The van der Waals surface area contributed by atoms with E-state index in [0.29, 0.717) is 12.4 Å². The molecule has 0 aliphatic heterocycles. The van der Waals surface area contributed by atoms with Crippen LogP contribution >= 0.6 is 0 Å². The van der Waals surface area contributed by atoms with E-state index in [9.17, 15) is 10.1 Å². The van der Waals surface area contributed by atoms with Gasteiger partial charge in [0.15, 0.2) is 11.7 Å². The Hall–Kier alpha value is -3.39. The maximum Gasteiger partial charge on any atom is 0.180 e. The van der Waals surface area contributed by atoms with Crippen molar-refractivity contribution < 1.29 is 9.53 Å². The summed E-state index contributed by atoms with van der Waals surface area (Å²) in [5.41, 5.74) is 2.53. The molecule has 1 aromatic heterocycles. The third-order valence-electron chi connectivity index (χ3n) is 4.12. The molecule has 0 aliphatic carbocycles. The summed E-state index contributed by atoms with van der Waals surface area (Å²) in [6.07, 6.45) is 3.13. The summed E-state index contributed by atoms with van der Waals surface area (Å²) in [5.74, 6) is 0.00626. The Labute approximate surface area is 152 Å². The first-order valence-corrected chi connectivity index (χ1v) is 8.39. The number of hydrogen-bond donors (Lipinski definition) is 0. The number of allylic oxidation sites excluding steroid dienone is 1. The summed E-state index contributed by atoms with van der Waals surface area (Å²) < 4.78 is 7.19. The summed E-state index contributed by atoms with van der Waals surface area (Å²) in [5, 5.41) is 9.52. The average Bonchev–Trinajstić information content (AvgIpc) is 2.99. The molecule has 0 radical (unpaired) electrons. The summed E-state index contributed by atoms with van der Waals surface area (Å²) >= 11 is 0. The summed E-state index contributed by atoms with van der Waals surface area (Å²) in [4.78, 5) is 17.0. The van der Waals surface area contributed by atoms with Crippen LogP contribution in [0.15, 0.2) is 54.6 Å². The van der Waals surface area contributed by atoms with Gasteiger partial charge in [0.2, 0.25) is 0 Å². The van der Waals surface area contributed by atoms with Gasteiger partial charge in [0.05, 0.1) is 23.7 Å². The molecular formula is C21H19N3O2. The van der Waals surface area contributed by atoms with E-state index in [-0.39, 0.29) is 5.78 Å². The number of hydrogen-bond acceptors (Lipinski definition) is 4. The molecule has 0 amide bonds. The Morgan fingerprint density at radius 1 is 1.27 bits per heavy atom. The van der Waals surface area contributed by atoms with Crippen LogP contribution in [0.2, 0.25) is 0 Å². The van der Waals surface area contributed by atoms with E-state index >= 15 is 0 Å². The molecule has 5 heteroatoms. The van der Waals surface area contributed by atoms with Gasteiger partial charge in [-0.05, 0) is 42.8 Å². The topological polar surface area (TPSA) is 67.9 Å². The highest BCUT2D eigenvalue weighted by Gasteiger charge is 2.23. The molecule has 0 saturated heterocycles. The van der Waals surface area contributed by atoms with Crippen molar-refractivity contribution in [1.29, 1.82) is 5.26 Å². The maximum atomic E-state index is 12.6. The molecule has 0 saturated carbocycles. The second-order valence-electron chi connectivity index (χ2n) is 5.82. The molecule has 0 N–H and O–H groups in total. The Balaban J connectivity index is 1.82. The zero-order valence-electron chi connectivity index (χ0n) is 14.7. The highest BCUT2D eigenvalue weighted by molar-refractivity contribution is 6.00. The number of carbonyl (C=O) groups is 1. The van der Waals surface area contributed by atoms with E-state index < -0.39 is 5.92 Å². The van der Waals surface area contributed by atoms with Crippen LogP contribution < -0.4 is 4.74 Å². The molecule has 26 heavy (non-hydrogen) atoms. The monoisotopic (exact) mass is 345 g/mol. The maximum absolute atomic E-state index is 12.6. The number of ketones is 1. The van der Waals surface area contributed by atoms with Gasteiger partial charge in [-0.3, -0.25) is 4.79 Å². The van der Waals surface area contributed by atoms with Crippen LogP contribution in [-0.4, -0.2) is 21.9 Å². The van der Waals surface area contributed by atoms with Crippen LogP contribution in [0.3, 0.4) is 0 Å². The number of aryl methyl sites for hydroxylation is 1. The van der Waals surface area contributed by atoms with Gasteiger partial charge in [-0.25, -0.2) is 4.98 Å². The number of nitrogens with zero attached hydrogens (tertiary/aromatic N) is 3. The second kappa shape index (κ2) is 7.66. The molecule has 5 nitrogen and oxygen atoms in total. The van der Waals surface area contributed by atoms with E-state index in [4.69, 9.17) is 4.74 Å². The quantitative estimate of drug-likeness (QED) is 0.636. The van der Waals surface area contributed by atoms with Crippen molar-refractivity contribution in [3.05, 3.63) is 66.0 Å². The van der Waals surface area contributed by atoms with E-state index in [2.05, 4.69) is 11.1 Å². The van der Waals surface area contributed by atoms with Gasteiger partial charge < -0.3 is 9.30 Å². The summed E-state index contributed by atoms with van der Waals surface area (Å²) in [6.45, 7) is 2.53. The average molecular weight is 345 g/mol. The van der Waals surface area contributed by atoms with Crippen molar-refractivity contribution in [3.63, 3.8) is 0 Å². The molecular weight excluding hydrogens is 326 g/mol. The Bertz CT molecular complexity index is 994. The normalized spacial score (nSPS) is 12.2. The first-order valence-electron chi connectivity index (χ1n) is 8.39. The Kier molecular flexibility index (Phi) is 5.14. The molecule has 0 bridgehead atoms. The fourth-order valence-electron chi connectivity index (χ4n) is 2.79. The van der Waals surface area contributed by atoms with Crippen molar-refractivity contribution in [3.8, 4) is 11.8 Å². The van der Waals surface area contributed by atoms with E-state index in [0.717, 1.165) is 22.3 Å². The number of fused-ring (bicyclic) bond motifs is 1. The fourth-order valence-corrected chi connectivity index (χ4v) is 2.79. The van der Waals surface area contributed by atoms with Crippen molar-refractivity contribution in [2.45, 2.75) is 12.8 Å². The highest BCUT2D eigenvalue weighted by atomic mass is 16.5. The minimum Gasteiger partial charge on any atom is -0.494 e. The predicted molar refractivity (Wildman–Crippen MR) is 101 cm³/mol. The Morgan fingerprint density at radius 2 is 2.00 bits per heavy atom. The van der Waals surface area contributed by atoms with Crippen LogP contribution in [0.25, 0.3) is 17.1 Å². The molecule has 3 rings (SSSR count). The second-order valence-corrected chi connectivity index (χ2v) is 5.82. The third kappa shape index (κ3) is 3.50. The molecule has 0 spiro atoms. The molecule has 130 valence electrons. The van der Waals surface area contributed by atoms with Crippen LogP contribution in [-0.2, 0) is 11.8 Å². The first kappa shape index (κ1) is 17.4. The van der Waals surface area contributed by atoms with Crippen LogP contribution in [0.5, 0.6) is 5.75 Å². The third-order valence-corrected chi connectivity index (χ3v) is 4.12. The van der Waals surface area contributed by atoms with Crippen molar-refractivity contribution in [1.82, 2.24) is 9.55 Å². The highest BCUT2D eigenvalue weighted by Crippen LogP contribution is 2.22. The van der Waals surface area contributed by atoms with Gasteiger partial charge in [0.25, 0.3) is 0 Å². The lowest BCUT2D eigenvalue weighted by molar-refractivity contribution is -0.115. The van der Waals surface area contributed by atoms with Gasteiger partial charge >= 0.3 is 0 Å². The number of imidazole rings is 1. The van der Waals surface area contributed by atoms with Gasteiger partial charge in [-0.2, -0.15) is 5.26 Å².